The summed E-state index contributed by atoms with van der Waals surface area (Å²) in [5.41, 5.74) is -2.63. The normalized spacial score (nSPS) is 13.9. The number of halogens is 5. The number of ether oxygens (including phenoxy) is 1. The third-order valence-corrected chi connectivity index (χ3v) is 6.73. The Hall–Kier alpha value is -4.16. The predicted molar refractivity (Wildman–Crippen MR) is 138 cm³/mol. The highest BCUT2D eigenvalue weighted by molar-refractivity contribution is 5.94. The van der Waals surface area contributed by atoms with Crippen LogP contribution in [0, 0.1) is 11.6 Å². The molecule has 1 amide bonds. The lowest BCUT2D eigenvalue weighted by atomic mass is 9.85. The maximum absolute atomic E-state index is 15.1. The average Bonchev–Trinajstić information content (AvgIpc) is 3.45. The molecule has 1 heterocycles. The molecular weight excluding hydrogens is 547 g/mol. The lowest BCUT2D eigenvalue weighted by Crippen LogP contribution is -2.54. The van der Waals surface area contributed by atoms with Crippen LogP contribution in [-0.4, -0.2) is 49.9 Å². The monoisotopic (exact) mass is 574 g/mol. The fourth-order valence-corrected chi connectivity index (χ4v) is 4.47. The molecule has 41 heavy (non-hydrogen) atoms. The largest absolute Gasteiger partial charge is 0.416 e. The molecule has 0 aliphatic heterocycles. The molecule has 0 aliphatic carbocycles. The fourth-order valence-electron chi connectivity index (χ4n) is 4.47. The zero-order chi connectivity index (χ0) is 29.6. The molecule has 0 aliphatic rings. The molecule has 3 aromatic carbocycles. The Morgan fingerprint density at radius 2 is 1.76 bits per heavy atom. The van der Waals surface area contributed by atoms with Crippen molar-refractivity contribution in [3.05, 3.63) is 119 Å². The lowest BCUT2D eigenvalue weighted by molar-refractivity contribution is -0.137. The third kappa shape index (κ3) is 7.14. The molecule has 0 fully saturated rings. The summed E-state index contributed by atoms with van der Waals surface area (Å²) < 4.78 is 75.2. The van der Waals surface area contributed by atoms with E-state index in [-0.39, 0.29) is 37.4 Å². The van der Waals surface area contributed by atoms with Crippen LogP contribution in [0.1, 0.15) is 34.0 Å². The Kier molecular flexibility index (Phi) is 9.14. The molecule has 0 radical (unpaired) electrons. The SMILES string of the molecule is CC(N(CCOCc1ccccc1)C(=O)c1ccc(C(F)(F)F)cc1)C(O)(Cn1cncn1)c1ccc(F)cc1F. The smallest absolute Gasteiger partial charge is 0.381 e. The van der Waals surface area contributed by atoms with Crippen molar-refractivity contribution in [3.63, 3.8) is 0 Å². The summed E-state index contributed by atoms with van der Waals surface area (Å²) in [7, 11) is 0. The van der Waals surface area contributed by atoms with E-state index in [2.05, 4.69) is 10.1 Å². The Balaban J connectivity index is 1.68. The number of carbonyl (C=O) groups excluding carboxylic acids is 1. The topological polar surface area (TPSA) is 80.5 Å². The van der Waals surface area contributed by atoms with Crippen LogP contribution < -0.4 is 0 Å². The number of carbonyl (C=O) groups is 1. The zero-order valence-corrected chi connectivity index (χ0v) is 21.9. The highest BCUT2D eigenvalue weighted by Gasteiger charge is 2.44. The highest BCUT2D eigenvalue weighted by atomic mass is 19.4. The van der Waals surface area contributed by atoms with Crippen LogP contribution in [0.5, 0.6) is 0 Å². The molecule has 0 saturated carbocycles. The van der Waals surface area contributed by atoms with E-state index in [9.17, 15) is 27.5 Å². The van der Waals surface area contributed by atoms with Gasteiger partial charge in [-0.2, -0.15) is 18.3 Å². The summed E-state index contributed by atoms with van der Waals surface area (Å²) >= 11 is 0. The van der Waals surface area contributed by atoms with E-state index in [1.54, 1.807) is 0 Å². The van der Waals surface area contributed by atoms with Gasteiger partial charge in [-0.25, -0.2) is 18.4 Å². The molecule has 0 spiro atoms. The Bertz CT molecular complexity index is 1430. The van der Waals surface area contributed by atoms with E-state index in [0.29, 0.717) is 6.07 Å². The molecule has 2 atom stereocenters. The van der Waals surface area contributed by atoms with E-state index in [1.807, 2.05) is 30.3 Å². The molecule has 1 N–H and O–H groups in total. The van der Waals surface area contributed by atoms with Gasteiger partial charge in [0.15, 0.2) is 0 Å². The van der Waals surface area contributed by atoms with Gasteiger partial charge < -0.3 is 14.7 Å². The molecule has 0 bridgehead atoms. The van der Waals surface area contributed by atoms with Gasteiger partial charge in [-0.05, 0) is 42.8 Å². The van der Waals surface area contributed by atoms with Crippen molar-refractivity contribution in [1.29, 1.82) is 0 Å². The van der Waals surface area contributed by atoms with Gasteiger partial charge in [0.05, 0.1) is 31.4 Å². The lowest BCUT2D eigenvalue weighted by Gasteiger charge is -2.41. The first-order valence-corrected chi connectivity index (χ1v) is 12.6. The summed E-state index contributed by atoms with van der Waals surface area (Å²) in [4.78, 5) is 18.7. The second-order valence-electron chi connectivity index (χ2n) is 9.43. The quantitative estimate of drug-likeness (QED) is 0.197. The van der Waals surface area contributed by atoms with Crippen LogP contribution >= 0.6 is 0 Å². The van der Waals surface area contributed by atoms with E-state index in [0.717, 1.165) is 42.0 Å². The minimum Gasteiger partial charge on any atom is -0.381 e. The minimum absolute atomic E-state index is 0.0170. The van der Waals surface area contributed by atoms with Crippen molar-refractivity contribution in [3.8, 4) is 0 Å². The van der Waals surface area contributed by atoms with Gasteiger partial charge >= 0.3 is 6.18 Å². The zero-order valence-electron chi connectivity index (χ0n) is 21.9. The Morgan fingerprint density at radius 1 is 1.05 bits per heavy atom. The summed E-state index contributed by atoms with van der Waals surface area (Å²) in [6.45, 7) is 1.16. The van der Waals surface area contributed by atoms with Crippen LogP contribution in [0.3, 0.4) is 0 Å². The van der Waals surface area contributed by atoms with E-state index in [1.165, 1.54) is 29.2 Å². The van der Waals surface area contributed by atoms with Crippen LogP contribution in [0.15, 0.2) is 85.5 Å². The van der Waals surface area contributed by atoms with E-state index < -0.39 is 40.9 Å². The molecule has 12 heteroatoms. The van der Waals surface area contributed by atoms with Crippen LogP contribution in [0.2, 0.25) is 0 Å². The number of amides is 1. The molecule has 7 nitrogen and oxygen atoms in total. The van der Waals surface area contributed by atoms with Gasteiger partial charge in [0, 0.05) is 23.7 Å². The van der Waals surface area contributed by atoms with Gasteiger partial charge in [-0.1, -0.05) is 36.4 Å². The third-order valence-electron chi connectivity index (χ3n) is 6.73. The first-order chi connectivity index (χ1) is 19.5. The van der Waals surface area contributed by atoms with Gasteiger partial charge in [-0.15, -0.1) is 0 Å². The molecule has 2 unspecified atom stereocenters. The highest BCUT2D eigenvalue weighted by Crippen LogP contribution is 2.34. The van der Waals surface area contributed by atoms with Crippen molar-refractivity contribution < 1.29 is 36.6 Å². The predicted octanol–water partition coefficient (Wildman–Crippen LogP) is 5.21. The molecule has 1 aromatic heterocycles. The maximum atomic E-state index is 15.1. The van der Waals surface area contributed by atoms with Crippen molar-refractivity contribution >= 4 is 5.91 Å². The molecule has 4 rings (SSSR count). The molecular formula is C29H27F5N4O3. The number of aliphatic hydroxyl groups is 1. The van der Waals surface area contributed by atoms with Crippen molar-refractivity contribution in [1.82, 2.24) is 19.7 Å². The number of nitrogens with zero attached hydrogens (tertiary/aromatic N) is 4. The Labute approximate surface area is 232 Å². The number of hydrogen-bond acceptors (Lipinski definition) is 5. The second kappa shape index (κ2) is 12.6. The maximum Gasteiger partial charge on any atom is 0.416 e. The Morgan fingerprint density at radius 3 is 2.37 bits per heavy atom. The van der Waals surface area contributed by atoms with Crippen LogP contribution in [0.25, 0.3) is 0 Å². The van der Waals surface area contributed by atoms with E-state index >= 15 is 4.39 Å². The fraction of sp³-hybridized carbons (Fsp3) is 0.276. The number of benzene rings is 3. The average molecular weight is 575 g/mol. The van der Waals surface area contributed by atoms with Gasteiger partial charge in [0.2, 0.25) is 0 Å². The van der Waals surface area contributed by atoms with Crippen molar-refractivity contribution in [2.45, 2.75) is 37.9 Å². The van der Waals surface area contributed by atoms with Crippen LogP contribution in [0.4, 0.5) is 22.0 Å². The van der Waals surface area contributed by atoms with Crippen molar-refractivity contribution in [2.24, 2.45) is 0 Å². The summed E-state index contributed by atoms with van der Waals surface area (Å²) in [5, 5.41) is 16.0. The van der Waals surface area contributed by atoms with Gasteiger partial charge in [0.1, 0.15) is 29.9 Å². The number of hydrogen-bond donors (Lipinski definition) is 1. The number of rotatable bonds is 11. The van der Waals surface area contributed by atoms with E-state index in [4.69, 9.17) is 4.74 Å². The molecule has 0 saturated heterocycles. The first-order valence-electron chi connectivity index (χ1n) is 12.6. The first kappa shape index (κ1) is 29.8. The van der Waals surface area contributed by atoms with Gasteiger partial charge in [0.25, 0.3) is 5.91 Å². The van der Waals surface area contributed by atoms with Gasteiger partial charge in [-0.3, -0.25) is 4.79 Å². The number of aromatic nitrogens is 3. The molecule has 216 valence electrons. The summed E-state index contributed by atoms with van der Waals surface area (Å²) in [6, 6.07) is 14.3. The molecule has 4 aromatic rings. The standard InChI is InChI=1S/C29H27F5N4O3/c1-20(28(40,17-37-19-35-18-36-37)25-12-11-24(30)15-26(25)31)38(13-14-41-16-21-5-3-2-4-6-21)27(39)22-7-9-23(10-8-22)29(32,33)34/h2-12,15,18-20,40H,13-14,16-17H2,1H3. The second-order valence-corrected chi connectivity index (χ2v) is 9.43. The summed E-state index contributed by atoms with van der Waals surface area (Å²) in [5.74, 6) is -2.65. The van der Waals surface area contributed by atoms with Crippen molar-refractivity contribution in [2.75, 3.05) is 13.2 Å². The number of alkyl halides is 3. The minimum atomic E-state index is -4.60. The summed E-state index contributed by atoms with van der Waals surface area (Å²) in [6.07, 6.45) is -2.11. The van der Waals surface area contributed by atoms with Crippen LogP contribution in [-0.2, 0) is 29.7 Å².